The summed E-state index contributed by atoms with van der Waals surface area (Å²) in [4.78, 5) is 17.2. The summed E-state index contributed by atoms with van der Waals surface area (Å²) in [5.41, 5.74) is 2.04. The molecular formula is C27H31N3O2. The lowest BCUT2D eigenvalue weighted by atomic mass is 10.0. The normalized spacial score (nSPS) is 11.3. The van der Waals surface area contributed by atoms with Crippen molar-refractivity contribution >= 4 is 27.7 Å². The van der Waals surface area contributed by atoms with Gasteiger partial charge in [-0.2, -0.15) is 0 Å². The van der Waals surface area contributed by atoms with Gasteiger partial charge in [-0.1, -0.05) is 62.4 Å². The molecule has 1 N–H and O–H groups in total. The Balaban J connectivity index is 1.44. The second-order valence-electron chi connectivity index (χ2n) is 8.08. The van der Waals surface area contributed by atoms with Crippen molar-refractivity contribution in [2.24, 2.45) is 5.92 Å². The van der Waals surface area contributed by atoms with Crippen LogP contribution in [0, 0.1) is 5.92 Å². The van der Waals surface area contributed by atoms with Crippen LogP contribution in [0.25, 0.3) is 21.8 Å². The van der Waals surface area contributed by atoms with Gasteiger partial charge in [0, 0.05) is 17.8 Å². The van der Waals surface area contributed by atoms with Crippen molar-refractivity contribution in [3.63, 3.8) is 0 Å². The molecule has 5 heteroatoms. The minimum atomic E-state index is 0.0573. The third-order valence-corrected chi connectivity index (χ3v) is 6.04. The third kappa shape index (κ3) is 4.77. The molecule has 0 atom stereocenters. The summed E-state index contributed by atoms with van der Waals surface area (Å²) in [5.74, 6) is 1.96. The largest absolute Gasteiger partial charge is 0.493 e. The van der Waals surface area contributed by atoms with E-state index in [0.29, 0.717) is 13.2 Å². The average Bonchev–Trinajstić information content (AvgIpc) is 3.18. The maximum Gasteiger partial charge on any atom is 0.223 e. The Morgan fingerprint density at radius 2 is 1.75 bits per heavy atom. The fourth-order valence-corrected chi connectivity index (χ4v) is 4.21. The number of hydrogen-bond acceptors (Lipinski definition) is 3. The minimum absolute atomic E-state index is 0.0573. The number of aryl methyl sites for hydroxylation is 1. The van der Waals surface area contributed by atoms with Crippen molar-refractivity contribution in [1.82, 2.24) is 14.9 Å². The number of carbonyl (C=O) groups is 1. The number of benzene rings is 3. The van der Waals surface area contributed by atoms with Crippen LogP contribution in [0.3, 0.4) is 0 Å². The summed E-state index contributed by atoms with van der Waals surface area (Å²) in [6.07, 6.45) is 2.55. The summed E-state index contributed by atoms with van der Waals surface area (Å²) in [7, 11) is 0. The molecule has 0 aliphatic carbocycles. The highest BCUT2D eigenvalue weighted by Gasteiger charge is 2.16. The van der Waals surface area contributed by atoms with Crippen LogP contribution in [-0.2, 0) is 17.9 Å². The van der Waals surface area contributed by atoms with E-state index in [9.17, 15) is 4.79 Å². The van der Waals surface area contributed by atoms with Gasteiger partial charge in [0.25, 0.3) is 0 Å². The quantitative estimate of drug-likeness (QED) is 0.329. The molecule has 0 spiro atoms. The average molecular weight is 430 g/mol. The van der Waals surface area contributed by atoms with Gasteiger partial charge in [0.15, 0.2) is 0 Å². The number of fused-ring (bicyclic) bond motifs is 2. The number of aromatic nitrogens is 2. The number of rotatable bonds is 10. The molecule has 32 heavy (non-hydrogen) atoms. The first-order valence-corrected chi connectivity index (χ1v) is 11.5. The van der Waals surface area contributed by atoms with Gasteiger partial charge in [0.05, 0.1) is 24.2 Å². The molecule has 0 aliphatic rings. The Kier molecular flexibility index (Phi) is 7.05. The number of nitrogens with one attached hydrogen (secondary N) is 1. The molecule has 5 nitrogen and oxygen atoms in total. The Morgan fingerprint density at radius 1 is 1.00 bits per heavy atom. The molecule has 4 aromatic rings. The highest BCUT2D eigenvalue weighted by molar-refractivity contribution is 5.88. The molecule has 4 rings (SSSR count). The molecule has 0 unspecified atom stereocenters. The standard InChI is InChI=1S/C27H31N3O2/c1-3-20(4-2)27(31)28-19-26-29-23-14-7-8-15-24(23)30(26)17-10-18-32-25-16-9-12-21-11-5-6-13-22(21)25/h5-9,11-16,20H,3-4,10,17-19H2,1-2H3,(H,28,31). The van der Waals surface area contributed by atoms with Crippen molar-refractivity contribution < 1.29 is 9.53 Å². The molecule has 3 aromatic carbocycles. The Morgan fingerprint density at radius 3 is 2.59 bits per heavy atom. The van der Waals surface area contributed by atoms with Gasteiger partial charge < -0.3 is 14.6 Å². The van der Waals surface area contributed by atoms with Crippen LogP contribution in [0.1, 0.15) is 38.9 Å². The molecule has 166 valence electrons. The number of carbonyl (C=O) groups excluding carboxylic acids is 1. The van der Waals surface area contributed by atoms with Gasteiger partial charge in [-0.15, -0.1) is 0 Å². The Bertz CT molecular complexity index is 1190. The Labute approximate surface area is 189 Å². The van der Waals surface area contributed by atoms with Crippen molar-refractivity contribution in [2.75, 3.05) is 6.61 Å². The first-order chi connectivity index (χ1) is 15.7. The predicted octanol–water partition coefficient (Wildman–Crippen LogP) is 5.71. The number of amides is 1. The molecular weight excluding hydrogens is 398 g/mol. The zero-order valence-electron chi connectivity index (χ0n) is 18.9. The van der Waals surface area contributed by atoms with Crippen LogP contribution in [0.15, 0.2) is 66.7 Å². The van der Waals surface area contributed by atoms with E-state index in [4.69, 9.17) is 9.72 Å². The molecule has 0 aliphatic heterocycles. The maximum atomic E-state index is 12.5. The summed E-state index contributed by atoms with van der Waals surface area (Å²) in [6, 6.07) is 22.5. The molecule has 1 aromatic heterocycles. The predicted molar refractivity (Wildman–Crippen MR) is 130 cm³/mol. The third-order valence-electron chi connectivity index (χ3n) is 6.04. The highest BCUT2D eigenvalue weighted by atomic mass is 16.5. The SMILES string of the molecule is CCC(CC)C(=O)NCc1nc2ccccc2n1CCCOc1cccc2ccccc12. The van der Waals surface area contributed by atoms with E-state index in [1.54, 1.807) is 0 Å². The van der Waals surface area contributed by atoms with Gasteiger partial charge in [-0.25, -0.2) is 4.98 Å². The van der Waals surface area contributed by atoms with Crippen LogP contribution in [0.5, 0.6) is 5.75 Å². The van der Waals surface area contributed by atoms with Gasteiger partial charge in [-0.05, 0) is 42.8 Å². The zero-order valence-corrected chi connectivity index (χ0v) is 18.9. The Hall–Kier alpha value is -3.34. The summed E-state index contributed by atoms with van der Waals surface area (Å²) in [5, 5.41) is 5.40. The van der Waals surface area contributed by atoms with Crippen LogP contribution in [0.4, 0.5) is 0 Å². The summed E-state index contributed by atoms with van der Waals surface area (Å²) >= 11 is 0. The number of nitrogens with zero attached hydrogens (tertiary/aromatic N) is 2. The number of ether oxygens (including phenoxy) is 1. The number of imidazole rings is 1. The van der Waals surface area contributed by atoms with E-state index in [0.717, 1.165) is 53.8 Å². The van der Waals surface area contributed by atoms with E-state index >= 15 is 0 Å². The first-order valence-electron chi connectivity index (χ1n) is 11.5. The van der Waals surface area contributed by atoms with Gasteiger partial charge in [-0.3, -0.25) is 4.79 Å². The first kappa shape index (κ1) is 21.9. The maximum absolute atomic E-state index is 12.5. The molecule has 0 bridgehead atoms. The van der Waals surface area contributed by atoms with E-state index in [1.807, 2.05) is 42.5 Å². The van der Waals surface area contributed by atoms with Crippen molar-refractivity contribution in [3.05, 3.63) is 72.6 Å². The molecule has 1 heterocycles. The smallest absolute Gasteiger partial charge is 0.223 e. The number of para-hydroxylation sites is 2. The van der Waals surface area contributed by atoms with Gasteiger partial charge >= 0.3 is 0 Å². The van der Waals surface area contributed by atoms with Crippen LogP contribution >= 0.6 is 0 Å². The van der Waals surface area contributed by atoms with E-state index < -0.39 is 0 Å². The molecule has 0 saturated heterocycles. The second kappa shape index (κ2) is 10.3. The highest BCUT2D eigenvalue weighted by Crippen LogP contribution is 2.25. The van der Waals surface area contributed by atoms with Crippen molar-refractivity contribution in [3.8, 4) is 5.75 Å². The van der Waals surface area contributed by atoms with Crippen LogP contribution in [0.2, 0.25) is 0 Å². The molecule has 1 amide bonds. The van der Waals surface area contributed by atoms with Gasteiger partial charge in [0.1, 0.15) is 11.6 Å². The minimum Gasteiger partial charge on any atom is -0.493 e. The second-order valence-corrected chi connectivity index (χ2v) is 8.08. The van der Waals surface area contributed by atoms with E-state index in [2.05, 4.69) is 48.0 Å². The number of hydrogen-bond donors (Lipinski definition) is 1. The zero-order chi connectivity index (χ0) is 22.3. The van der Waals surface area contributed by atoms with E-state index in [-0.39, 0.29) is 11.8 Å². The van der Waals surface area contributed by atoms with Crippen LogP contribution < -0.4 is 10.1 Å². The summed E-state index contributed by atoms with van der Waals surface area (Å²) < 4.78 is 8.33. The van der Waals surface area contributed by atoms with Crippen LogP contribution in [-0.4, -0.2) is 22.1 Å². The lowest BCUT2D eigenvalue weighted by molar-refractivity contribution is -0.125. The molecule has 0 saturated carbocycles. The molecule has 0 radical (unpaired) electrons. The lowest BCUT2D eigenvalue weighted by Gasteiger charge is -2.14. The van der Waals surface area contributed by atoms with E-state index in [1.165, 1.54) is 5.39 Å². The van der Waals surface area contributed by atoms with Crippen molar-refractivity contribution in [1.29, 1.82) is 0 Å². The summed E-state index contributed by atoms with van der Waals surface area (Å²) in [6.45, 7) is 5.94. The fraction of sp³-hybridized carbons (Fsp3) is 0.333. The molecule has 0 fully saturated rings. The fourth-order valence-electron chi connectivity index (χ4n) is 4.21. The monoisotopic (exact) mass is 429 g/mol. The van der Waals surface area contributed by atoms with Gasteiger partial charge in [0.2, 0.25) is 5.91 Å². The topological polar surface area (TPSA) is 56.2 Å². The lowest BCUT2D eigenvalue weighted by Crippen LogP contribution is -2.30. The van der Waals surface area contributed by atoms with Crippen molar-refractivity contribution in [2.45, 2.75) is 46.2 Å².